The summed E-state index contributed by atoms with van der Waals surface area (Å²) in [7, 11) is 0. The molecule has 0 saturated carbocycles. The summed E-state index contributed by atoms with van der Waals surface area (Å²) < 4.78 is 12.4. The minimum atomic E-state index is -1.00. The van der Waals surface area contributed by atoms with Crippen molar-refractivity contribution in [3.8, 4) is 17.1 Å². The Hall–Kier alpha value is -2.79. The van der Waals surface area contributed by atoms with E-state index in [-0.39, 0.29) is 6.61 Å². The maximum atomic E-state index is 10.8. The maximum Gasteiger partial charge on any atom is 0.341 e. The normalized spacial score (nSPS) is 11.3. The molecular formula is C25H23BrO4. The van der Waals surface area contributed by atoms with Gasteiger partial charge in [0.2, 0.25) is 0 Å². The van der Waals surface area contributed by atoms with E-state index in [1.165, 1.54) is 23.8 Å². The number of aliphatic carboxylic acids is 1. The largest absolute Gasteiger partial charge is 0.481 e. The standard InChI is InChI=1S/C25H23BrO4/c1-2-3-4-8-20-19-7-5-6-9-21(19)30-25(20)17-10-12-18-16(14-17)11-13-22(24(18)26)29-15-23(27)28/h5-7,9-14H,2-4,8,15H2,1H3,(H,27,28). The van der Waals surface area contributed by atoms with Gasteiger partial charge in [0, 0.05) is 16.5 Å². The SMILES string of the molecule is CCCCCc1c(-c2ccc3c(Br)c(OCC(=O)O)ccc3c2)oc2ccccc12. The fraction of sp³-hybridized carbons (Fsp3) is 0.240. The smallest absolute Gasteiger partial charge is 0.341 e. The van der Waals surface area contributed by atoms with Crippen LogP contribution < -0.4 is 4.74 Å². The zero-order valence-electron chi connectivity index (χ0n) is 16.8. The van der Waals surface area contributed by atoms with Crippen LogP contribution in [0.2, 0.25) is 0 Å². The summed E-state index contributed by atoms with van der Waals surface area (Å²) in [5.41, 5.74) is 3.22. The van der Waals surface area contributed by atoms with Gasteiger partial charge in [-0.1, -0.05) is 56.2 Å². The molecule has 0 aliphatic carbocycles. The number of para-hydroxylation sites is 1. The lowest BCUT2D eigenvalue weighted by Gasteiger charge is -2.10. The molecule has 4 aromatic rings. The molecule has 5 heteroatoms. The quantitative estimate of drug-likeness (QED) is 0.278. The van der Waals surface area contributed by atoms with Gasteiger partial charge in [-0.25, -0.2) is 4.79 Å². The Bertz CT molecular complexity index is 1210. The van der Waals surface area contributed by atoms with Gasteiger partial charge in [0.05, 0.1) is 4.47 Å². The molecule has 30 heavy (non-hydrogen) atoms. The number of unbranched alkanes of at least 4 members (excludes halogenated alkanes) is 2. The number of furan rings is 1. The second-order valence-electron chi connectivity index (χ2n) is 7.36. The third kappa shape index (κ3) is 4.08. The molecule has 4 rings (SSSR count). The van der Waals surface area contributed by atoms with Crippen LogP contribution in [-0.2, 0) is 11.2 Å². The lowest BCUT2D eigenvalue weighted by molar-refractivity contribution is -0.139. The topological polar surface area (TPSA) is 59.7 Å². The Morgan fingerprint density at radius 1 is 1.07 bits per heavy atom. The molecule has 3 aromatic carbocycles. The first-order valence-electron chi connectivity index (χ1n) is 10.2. The van der Waals surface area contributed by atoms with E-state index in [2.05, 4.69) is 47.1 Å². The van der Waals surface area contributed by atoms with Crippen LogP contribution in [0.25, 0.3) is 33.1 Å². The number of benzene rings is 3. The number of fused-ring (bicyclic) bond motifs is 2. The second kappa shape index (κ2) is 8.92. The van der Waals surface area contributed by atoms with E-state index in [0.717, 1.165) is 45.0 Å². The lowest BCUT2D eigenvalue weighted by atomic mass is 9.98. The number of carboxylic acids is 1. The number of carbonyl (C=O) groups is 1. The molecular weight excluding hydrogens is 444 g/mol. The van der Waals surface area contributed by atoms with Crippen LogP contribution in [-0.4, -0.2) is 17.7 Å². The van der Waals surface area contributed by atoms with E-state index >= 15 is 0 Å². The first-order chi connectivity index (χ1) is 14.6. The average molecular weight is 467 g/mol. The van der Waals surface area contributed by atoms with Crippen LogP contribution in [0.3, 0.4) is 0 Å². The molecule has 1 aromatic heterocycles. The number of carboxylic acid groups (broad SMARTS) is 1. The molecule has 0 fully saturated rings. The summed E-state index contributed by atoms with van der Waals surface area (Å²) in [5, 5.41) is 12.0. The molecule has 0 spiro atoms. The van der Waals surface area contributed by atoms with E-state index in [1.54, 1.807) is 6.07 Å². The molecule has 0 saturated heterocycles. The summed E-state index contributed by atoms with van der Waals surface area (Å²) in [4.78, 5) is 10.8. The third-order valence-corrected chi connectivity index (χ3v) is 6.08. The highest BCUT2D eigenvalue weighted by atomic mass is 79.9. The number of hydrogen-bond acceptors (Lipinski definition) is 3. The van der Waals surface area contributed by atoms with Gasteiger partial charge >= 0.3 is 5.97 Å². The monoisotopic (exact) mass is 466 g/mol. The Morgan fingerprint density at radius 2 is 1.90 bits per heavy atom. The van der Waals surface area contributed by atoms with Crippen molar-refractivity contribution in [2.75, 3.05) is 6.61 Å². The van der Waals surface area contributed by atoms with E-state index in [1.807, 2.05) is 24.3 Å². The fourth-order valence-corrected chi connectivity index (χ4v) is 4.40. The number of ether oxygens (including phenoxy) is 1. The van der Waals surface area contributed by atoms with Crippen molar-refractivity contribution in [3.63, 3.8) is 0 Å². The lowest BCUT2D eigenvalue weighted by Crippen LogP contribution is -2.09. The van der Waals surface area contributed by atoms with Crippen molar-refractivity contribution in [2.45, 2.75) is 32.6 Å². The van der Waals surface area contributed by atoms with Crippen molar-refractivity contribution in [2.24, 2.45) is 0 Å². The van der Waals surface area contributed by atoms with Crippen molar-refractivity contribution in [1.29, 1.82) is 0 Å². The van der Waals surface area contributed by atoms with Crippen LogP contribution in [0, 0.1) is 0 Å². The van der Waals surface area contributed by atoms with Crippen LogP contribution in [0.4, 0.5) is 0 Å². The molecule has 0 aliphatic rings. The molecule has 4 nitrogen and oxygen atoms in total. The molecule has 0 atom stereocenters. The zero-order valence-corrected chi connectivity index (χ0v) is 18.4. The number of halogens is 1. The van der Waals surface area contributed by atoms with Crippen molar-refractivity contribution in [3.05, 3.63) is 64.6 Å². The van der Waals surface area contributed by atoms with Gasteiger partial charge in [0.25, 0.3) is 0 Å². The first kappa shape index (κ1) is 20.5. The molecule has 0 bridgehead atoms. The summed E-state index contributed by atoms with van der Waals surface area (Å²) in [6, 6.07) is 18.1. The minimum absolute atomic E-state index is 0.373. The fourth-order valence-electron chi connectivity index (χ4n) is 3.80. The van der Waals surface area contributed by atoms with E-state index in [4.69, 9.17) is 14.3 Å². The van der Waals surface area contributed by atoms with E-state index in [0.29, 0.717) is 5.75 Å². The van der Waals surface area contributed by atoms with Gasteiger partial charge in [-0.15, -0.1) is 0 Å². The van der Waals surface area contributed by atoms with Gasteiger partial charge < -0.3 is 14.3 Å². The summed E-state index contributed by atoms with van der Waals surface area (Å²) in [5.74, 6) is 0.441. The summed E-state index contributed by atoms with van der Waals surface area (Å²) in [6.07, 6.45) is 4.50. The van der Waals surface area contributed by atoms with Crippen molar-refractivity contribution in [1.82, 2.24) is 0 Å². The summed E-state index contributed by atoms with van der Waals surface area (Å²) >= 11 is 3.56. The number of rotatable bonds is 8. The van der Waals surface area contributed by atoms with Gasteiger partial charge in [-0.05, 0) is 57.7 Å². The highest BCUT2D eigenvalue weighted by molar-refractivity contribution is 9.10. The minimum Gasteiger partial charge on any atom is -0.481 e. The van der Waals surface area contributed by atoms with Crippen molar-refractivity contribution < 1.29 is 19.1 Å². The zero-order chi connectivity index (χ0) is 21.1. The van der Waals surface area contributed by atoms with Crippen LogP contribution in [0.1, 0.15) is 31.7 Å². The maximum absolute atomic E-state index is 10.8. The van der Waals surface area contributed by atoms with Crippen LogP contribution in [0.5, 0.6) is 5.75 Å². The molecule has 0 radical (unpaired) electrons. The predicted molar refractivity (Wildman–Crippen MR) is 123 cm³/mol. The van der Waals surface area contributed by atoms with Gasteiger partial charge in [0.15, 0.2) is 6.61 Å². The van der Waals surface area contributed by atoms with E-state index in [9.17, 15) is 4.79 Å². The highest BCUT2D eigenvalue weighted by Gasteiger charge is 2.16. The van der Waals surface area contributed by atoms with Crippen LogP contribution in [0.15, 0.2) is 63.5 Å². The van der Waals surface area contributed by atoms with Crippen LogP contribution >= 0.6 is 15.9 Å². The molecule has 1 heterocycles. The Labute approximate surface area is 183 Å². The predicted octanol–water partition coefficient (Wildman–Crippen LogP) is 7.21. The molecule has 0 aliphatic heterocycles. The molecule has 0 amide bonds. The Kier molecular flexibility index (Phi) is 6.09. The summed E-state index contributed by atoms with van der Waals surface area (Å²) in [6.45, 7) is 1.84. The molecule has 0 unspecified atom stereocenters. The number of hydrogen-bond donors (Lipinski definition) is 1. The Morgan fingerprint density at radius 3 is 2.70 bits per heavy atom. The van der Waals surface area contributed by atoms with E-state index < -0.39 is 5.97 Å². The van der Waals surface area contributed by atoms with Crippen molar-refractivity contribution >= 4 is 43.6 Å². The average Bonchev–Trinajstić information content (AvgIpc) is 3.12. The van der Waals surface area contributed by atoms with Gasteiger partial charge in [0.1, 0.15) is 17.1 Å². The molecule has 1 N–H and O–H groups in total. The Balaban J connectivity index is 1.76. The van der Waals surface area contributed by atoms with Gasteiger partial charge in [-0.3, -0.25) is 0 Å². The third-order valence-electron chi connectivity index (χ3n) is 5.26. The number of aryl methyl sites for hydroxylation is 1. The highest BCUT2D eigenvalue weighted by Crippen LogP contribution is 2.39. The molecule has 154 valence electrons. The first-order valence-corrected chi connectivity index (χ1v) is 11.0. The second-order valence-corrected chi connectivity index (χ2v) is 8.15. The van der Waals surface area contributed by atoms with Gasteiger partial charge in [-0.2, -0.15) is 0 Å².